The number of carbonyl (C=O) groups excluding carboxylic acids is 2. The lowest BCUT2D eigenvalue weighted by atomic mass is 10.1. The molecule has 1 aromatic heterocycles. The van der Waals surface area contributed by atoms with Crippen LogP contribution in [0.3, 0.4) is 0 Å². The maximum Gasteiger partial charge on any atom is 0.254 e. The van der Waals surface area contributed by atoms with Crippen molar-refractivity contribution in [2.24, 2.45) is 0 Å². The summed E-state index contributed by atoms with van der Waals surface area (Å²) in [7, 11) is 1.62. The number of amides is 2. The molecule has 0 saturated carbocycles. The van der Waals surface area contributed by atoms with E-state index in [4.69, 9.17) is 4.74 Å². The number of benzene rings is 2. The van der Waals surface area contributed by atoms with Gasteiger partial charge in [-0.2, -0.15) is 0 Å². The van der Waals surface area contributed by atoms with E-state index in [1.165, 1.54) is 29.2 Å². The molecule has 3 aromatic rings. The molecule has 9 heteroatoms. The van der Waals surface area contributed by atoms with Crippen LogP contribution in [0.1, 0.15) is 10.4 Å². The van der Waals surface area contributed by atoms with Crippen LogP contribution in [-0.2, 0) is 4.79 Å². The maximum absolute atomic E-state index is 13.6. The first-order chi connectivity index (χ1) is 17.5. The lowest BCUT2D eigenvalue weighted by Crippen LogP contribution is -2.52. The molecule has 0 aliphatic carbocycles. The number of aromatic nitrogens is 2. The molecule has 0 spiro atoms. The van der Waals surface area contributed by atoms with Gasteiger partial charge in [0.25, 0.3) is 5.91 Å². The molecule has 36 heavy (non-hydrogen) atoms. The average molecular weight is 490 g/mol. The fraction of sp³-hybridized carbons (Fsp3) is 0.259. The average Bonchev–Trinajstić information content (AvgIpc) is 2.92. The molecule has 0 bridgehead atoms. The van der Waals surface area contributed by atoms with E-state index in [1.807, 2.05) is 36.4 Å². The number of nitrogens with zero attached hydrogens (tertiary/aromatic N) is 5. The fourth-order valence-corrected chi connectivity index (χ4v) is 4.06. The van der Waals surface area contributed by atoms with Crippen LogP contribution in [-0.4, -0.2) is 78.2 Å². The van der Waals surface area contributed by atoms with E-state index < -0.39 is 11.7 Å². The molecular formula is C27H28FN5O3. The van der Waals surface area contributed by atoms with E-state index >= 15 is 0 Å². The molecule has 0 atom stereocenters. The summed E-state index contributed by atoms with van der Waals surface area (Å²) in [5, 5.41) is 8.74. The Bertz CT molecular complexity index is 1230. The quantitative estimate of drug-likeness (QED) is 0.452. The van der Waals surface area contributed by atoms with E-state index in [0.717, 1.165) is 22.8 Å². The first kappa shape index (κ1) is 24.8. The van der Waals surface area contributed by atoms with Gasteiger partial charge < -0.3 is 19.4 Å². The van der Waals surface area contributed by atoms with E-state index in [-0.39, 0.29) is 24.6 Å². The number of hydrogen-bond donors (Lipinski definition) is 0. The zero-order valence-electron chi connectivity index (χ0n) is 20.1. The van der Waals surface area contributed by atoms with Gasteiger partial charge in [-0.1, -0.05) is 24.3 Å². The van der Waals surface area contributed by atoms with Gasteiger partial charge >= 0.3 is 0 Å². The van der Waals surface area contributed by atoms with Crippen LogP contribution in [0.5, 0.6) is 5.75 Å². The van der Waals surface area contributed by atoms with Crippen molar-refractivity contribution < 1.29 is 18.7 Å². The molecule has 0 N–H and O–H groups in total. The Hall–Kier alpha value is -4.27. The van der Waals surface area contributed by atoms with Crippen molar-refractivity contribution in [1.29, 1.82) is 0 Å². The van der Waals surface area contributed by atoms with E-state index in [1.54, 1.807) is 18.1 Å². The number of halogens is 1. The van der Waals surface area contributed by atoms with Crippen molar-refractivity contribution >= 4 is 17.6 Å². The topological polar surface area (TPSA) is 78.9 Å². The molecule has 0 unspecified atom stereocenters. The first-order valence-electron chi connectivity index (χ1n) is 11.6. The Morgan fingerprint density at radius 3 is 2.50 bits per heavy atom. The number of hydrogen-bond acceptors (Lipinski definition) is 6. The van der Waals surface area contributed by atoms with Gasteiger partial charge in [-0.3, -0.25) is 9.59 Å². The Morgan fingerprint density at radius 1 is 1.06 bits per heavy atom. The summed E-state index contributed by atoms with van der Waals surface area (Å²) in [6, 6.07) is 16.9. The normalized spacial score (nSPS) is 13.3. The smallest absolute Gasteiger partial charge is 0.254 e. The first-order valence-corrected chi connectivity index (χ1v) is 11.6. The second-order valence-corrected chi connectivity index (χ2v) is 8.36. The minimum atomic E-state index is -0.499. The highest BCUT2D eigenvalue weighted by Gasteiger charge is 2.25. The molecule has 1 aliphatic rings. The van der Waals surface area contributed by atoms with Gasteiger partial charge in [-0.15, -0.1) is 16.8 Å². The third kappa shape index (κ3) is 5.86. The molecule has 1 saturated heterocycles. The number of rotatable bonds is 8. The predicted octanol–water partition coefficient (Wildman–Crippen LogP) is 3.27. The Morgan fingerprint density at radius 2 is 1.83 bits per heavy atom. The van der Waals surface area contributed by atoms with Crippen molar-refractivity contribution in [3.8, 4) is 17.0 Å². The summed E-state index contributed by atoms with van der Waals surface area (Å²) in [4.78, 5) is 30.9. The minimum absolute atomic E-state index is 0.101. The third-order valence-electron chi connectivity index (χ3n) is 6.01. The van der Waals surface area contributed by atoms with Crippen LogP contribution >= 0.6 is 0 Å². The van der Waals surface area contributed by atoms with Gasteiger partial charge in [0.2, 0.25) is 5.91 Å². The van der Waals surface area contributed by atoms with Gasteiger partial charge in [-0.05, 0) is 42.5 Å². The molecule has 2 amide bonds. The summed E-state index contributed by atoms with van der Waals surface area (Å²) < 4.78 is 18.8. The zero-order valence-corrected chi connectivity index (χ0v) is 20.1. The Kier molecular flexibility index (Phi) is 7.89. The van der Waals surface area contributed by atoms with Crippen LogP contribution in [0.2, 0.25) is 0 Å². The zero-order chi connectivity index (χ0) is 25.5. The highest BCUT2D eigenvalue weighted by atomic mass is 19.1. The number of ether oxygens (including phenoxy) is 1. The SMILES string of the molecule is C=CCN(CC(=O)N1CCN(c2ccc(-c3cccc(OC)c3)nn2)CC1)C(=O)c1cccc(F)c1. The van der Waals surface area contributed by atoms with Gasteiger partial charge in [0.15, 0.2) is 5.82 Å². The van der Waals surface area contributed by atoms with Crippen LogP contribution < -0.4 is 9.64 Å². The molecule has 186 valence electrons. The molecule has 0 radical (unpaired) electrons. The van der Waals surface area contributed by atoms with Crippen molar-refractivity contribution in [1.82, 2.24) is 20.0 Å². The van der Waals surface area contributed by atoms with Gasteiger partial charge in [-0.25, -0.2) is 4.39 Å². The largest absolute Gasteiger partial charge is 0.497 e. The van der Waals surface area contributed by atoms with Gasteiger partial charge in [0.1, 0.15) is 18.1 Å². The molecule has 1 fully saturated rings. The van der Waals surface area contributed by atoms with Crippen LogP contribution in [0, 0.1) is 5.82 Å². The van der Waals surface area contributed by atoms with Crippen LogP contribution in [0.15, 0.2) is 73.3 Å². The number of carbonyl (C=O) groups is 2. The minimum Gasteiger partial charge on any atom is -0.497 e. The molecule has 4 rings (SSSR count). The number of anilines is 1. The molecule has 1 aliphatic heterocycles. The molecule has 2 heterocycles. The number of piperazine rings is 1. The van der Waals surface area contributed by atoms with Crippen molar-refractivity contribution in [3.05, 3.63) is 84.7 Å². The molecule has 8 nitrogen and oxygen atoms in total. The standard InChI is InChI=1S/C27H28FN5O3/c1-3-12-33(27(35)21-7-4-8-22(28)17-21)19-26(34)32-15-13-31(14-16-32)25-11-10-24(29-30-25)20-6-5-9-23(18-20)36-2/h3-11,17-18H,1,12-16,19H2,2H3. The molecular weight excluding hydrogens is 461 g/mol. The lowest BCUT2D eigenvalue weighted by molar-refractivity contribution is -0.132. The van der Waals surface area contributed by atoms with Crippen LogP contribution in [0.4, 0.5) is 10.2 Å². The van der Waals surface area contributed by atoms with Gasteiger partial charge in [0, 0.05) is 43.9 Å². The highest BCUT2D eigenvalue weighted by molar-refractivity contribution is 5.96. The van der Waals surface area contributed by atoms with E-state index in [0.29, 0.717) is 26.2 Å². The maximum atomic E-state index is 13.6. The number of methoxy groups -OCH3 is 1. The van der Waals surface area contributed by atoms with E-state index in [2.05, 4.69) is 21.7 Å². The second kappa shape index (κ2) is 11.4. The highest BCUT2D eigenvalue weighted by Crippen LogP contribution is 2.23. The van der Waals surface area contributed by atoms with Crippen LogP contribution in [0.25, 0.3) is 11.3 Å². The Labute approximate surface area is 209 Å². The fourth-order valence-electron chi connectivity index (χ4n) is 4.06. The van der Waals surface area contributed by atoms with Crippen molar-refractivity contribution in [2.45, 2.75) is 0 Å². The van der Waals surface area contributed by atoms with Gasteiger partial charge in [0.05, 0.1) is 12.8 Å². The summed E-state index contributed by atoms with van der Waals surface area (Å²) in [5.41, 5.74) is 1.86. The summed E-state index contributed by atoms with van der Waals surface area (Å²) in [6.07, 6.45) is 1.55. The van der Waals surface area contributed by atoms with Crippen molar-refractivity contribution in [3.63, 3.8) is 0 Å². The summed E-state index contributed by atoms with van der Waals surface area (Å²) in [6.45, 7) is 5.94. The third-order valence-corrected chi connectivity index (χ3v) is 6.01. The second-order valence-electron chi connectivity index (χ2n) is 8.36. The monoisotopic (exact) mass is 489 g/mol. The lowest BCUT2D eigenvalue weighted by Gasteiger charge is -2.36. The summed E-state index contributed by atoms with van der Waals surface area (Å²) >= 11 is 0. The Balaban J connectivity index is 1.34. The van der Waals surface area contributed by atoms with Crippen molar-refractivity contribution in [2.75, 3.05) is 51.3 Å². The predicted molar refractivity (Wildman–Crippen MR) is 135 cm³/mol. The molecule has 2 aromatic carbocycles. The van der Waals surface area contributed by atoms with E-state index in [9.17, 15) is 14.0 Å². The summed E-state index contributed by atoms with van der Waals surface area (Å²) in [5.74, 6) is 0.418.